The van der Waals surface area contributed by atoms with Gasteiger partial charge in [0, 0.05) is 0 Å². The summed E-state index contributed by atoms with van der Waals surface area (Å²) in [6, 6.07) is 3.36. The van der Waals surface area contributed by atoms with Gasteiger partial charge in [0.05, 0.1) is 6.26 Å². The van der Waals surface area contributed by atoms with Gasteiger partial charge in [0.1, 0.15) is 5.69 Å². The zero-order chi connectivity index (χ0) is 8.55. The molecule has 2 aliphatic heterocycles. The minimum Gasteiger partial charge on any atom is -0.445 e. The first-order chi connectivity index (χ1) is 5.77. The fourth-order valence-corrected chi connectivity index (χ4v) is 0.880. The van der Waals surface area contributed by atoms with Gasteiger partial charge in [-0.15, -0.1) is 0 Å². The SMILES string of the molecule is NC(=O)c1nc2cccoc-2n1. The number of nitrogens with zero attached hydrogens (tertiary/aromatic N) is 2. The Kier molecular flexibility index (Phi) is 1.30. The number of hydrogen-bond acceptors (Lipinski definition) is 4. The van der Waals surface area contributed by atoms with Crippen molar-refractivity contribution in [3.63, 3.8) is 0 Å². The molecular weight excluding hydrogens is 158 g/mol. The lowest BCUT2D eigenvalue weighted by atomic mass is 10.4. The average Bonchev–Trinajstić information content (AvgIpc) is 2.46. The molecule has 2 N–H and O–H groups in total. The number of aromatic nitrogens is 2. The highest BCUT2D eigenvalue weighted by Gasteiger charge is 2.14. The van der Waals surface area contributed by atoms with Crippen LogP contribution in [0.15, 0.2) is 22.8 Å². The van der Waals surface area contributed by atoms with Crippen LogP contribution in [0.3, 0.4) is 0 Å². The summed E-state index contributed by atoms with van der Waals surface area (Å²) >= 11 is 0. The maximum Gasteiger partial charge on any atom is 0.286 e. The van der Waals surface area contributed by atoms with Crippen LogP contribution in [0.25, 0.3) is 11.6 Å². The van der Waals surface area contributed by atoms with Crippen molar-refractivity contribution in [3.05, 3.63) is 24.2 Å². The summed E-state index contributed by atoms with van der Waals surface area (Å²) in [5.41, 5.74) is 5.51. The zero-order valence-corrected chi connectivity index (χ0v) is 6.02. The van der Waals surface area contributed by atoms with Gasteiger partial charge in [-0.3, -0.25) is 4.79 Å². The Labute approximate surface area is 67.6 Å². The smallest absolute Gasteiger partial charge is 0.286 e. The van der Waals surface area contributed by atoms with Gasteiger partial charge in [-0.1, -0.05) is 0 Å². The van der Waals surface area contributed by atoms with Crippen molar-refractivity contribution in [2.24, 2.45) is 5.73 Å². The number of rotatable bonds is 1. The second kappa shape index (κ2) is 2.30. The summed E-state index contributed by atoms with van der Waals surface area (Å²) in [5, 5.41) is 0. The van der Waals surface area contributed by atoms with Crippen LogP contribution in [0.5, 0.6) is 0 Å². The number of carbonyl (C=O) groups excluding carboxylic acids is 1. The molecule has 0 aromatic carbocycles. The van der Waals surface area contributed by atoms with Crippen LogP contribution in [0.2, 0.25) is 0 Å². The van der Waals surface area contributed by atoms with Crippen LogP contribution < -0.4 is 5.73 Å². The van der Waals surface area contributed by atoms with Crippen LogP contribution in [0, 0.1) is 0 Å². The first-order valence-corrected chi connectivity index (χ1v) is 3.28. The van der Waals surface area contributed by atoms with E-state index >= 15 is 0 Å². The summed E-state index contributed by atoms with van der Waals surface area (Å²) < 4.78 is 4.96. The largest absolute Gasteiger partial charge is 0.445 e. The van der Waals surface area contributed by atoms with Gasteiger partial charge in [-0.25, -0.2) is 4.98 Å². The molecule has 0 spiro atoms. The highest BCUT2D eigenvalue weighted by atomic mass is 16.3. The van der Waals surface area contributed by atoms with Crippen molar-refractivity contribution in [3.8, 4) is 11.6 Å². The van der Waals surface area contributed by atoms with E-state index in [9.17, 15) is 4.79 Å². The Hall–Kier alpha value is -1.91. The molecule has 0 saturated heterocycles. The maximum atomic E-state index is 10.6. The van der Waals surface area contributed by atoms with E-state index in [4.69, 9.17) is 10.2 Å². The normalized spacial score (nSPS) is 10.3. The fourth-order valence-electron chi connectivity index (χ4n) is 0.880. The predicted octanol–water partition coefficient (Wildman–Crippen LogP) is 0.273. The molecule has 2 heterocycles. The predicted molar refractivity (Wildman–Crippen MR) is 39.4 cm³/mol. The van der Waals surface area contributed by atoms with Gasteiger partial charge in [-0.2, -0.15) is 4.98 Å². The molecule has 0 atom stereocenters. The first-order valence-electron chi connectivity index (χ1n) is 3.28. The molecule has 0 radical (unpaired) electrons. The highest BCUT2D eigenvalue weighted by Crippen LogP contribution is 2.16. The number of hydrogen-bond donors (Lipinski definition) is 1. The summed E-state index contributed by atoms with van der Waals surface area (Å²) in [6.07, 6.45) is 1.46. The molecule has 5 heteroatoms. The fraction of sp³-hybridized carbons (Fsp3) is 0. The van der Waals surface area contributed by atoms with Gasteiger partial charge in [-0.05, 0) is 12.1 Å². The molecule has 60 valence electrons. The van der Waals surface area contributed by atoms with Crippen LogP contribution in [-0.4, -0.2) is 15.9 Å². The van der Waals surface area contributed by atoms with Gasteiger partial charge >= 0.3 is 0 Å². The van der Waals surface area contributed by atoms with E-state index in [0.29, 0.717) is 11.6 Å². The standard InChI is InChI=1S/C7H5N3O2/c8-5(11)6-9-4-2-1-3-12-7(4)10-6/h1-3H,(H2,8,11). The van der Waals surface area contributed by atoms with Crippen molar-refractivity contribution in [1.82, 2.24) is 9.97 Å². The van der Waals surface area contributed by atoms with E-state index in [2.05, 4.69) is 9.97 Å². The van der Waals surface area contributed by atoms with Crippen molar-refractivity contribution in [1.29, 1.82) is 0 Å². The second-order valence-corrected chi connectivity index (χ2v) is 2.21. The van der Waals surface area contributed by atoms with Gasteiger partial charge in [0.25, 0.3) is 5.91 Å². The molecule has 2 rings (SSSR count). The number of primary amides is 1. The minimum atomic E-state index is -0.651. The van der Waals surface area contributed by atoms with E-state index in [-0.39, 0.29) is 5.82 Å². The van der Waals surface area contributed by atoms with Gasteiger partial charge in [0.2, 0.25) is 11.7 Å². The molecule has 0 aromatic heterocycles. The summed E-state index contributed by atoms with van der Waals surface area (Å²) in [5.74, 6) is -0.340. The molecule has 0 unspecified atom stereocenters. The van der Waals surface area contributed by atoms with E-state index in [0.717, 1.165) is 0 Å². The van der Waals surface area contributed by atoms with E-state index < -0.39 is 5.91 Å². The topological polar surface area (TPSA) is 82.0 Å². The lowest BCUT2D eigenvalue weighted by molar-refractivity contribution is 0.0991. The summed E-state index contributed by atoms with van der Waals surface area (Å²) in [7, 11) is 0. The van der Waals surface area contributed by atoms with Crippen molar-refractivity contribution in [2.75, 3.05) is 0 Å². The third-order valence-electron chi connectivity index (χ3n) is 1.39. The Morgan fingerprint density at radius 1 is 1.50 bits per heavy atom. The zero-order valence-electron chi connectivity index (χ0n) is 6.02. The minimum absolute atomic E-state index is 0.0139. The van der Waals surface area contributed by atoms with E-state index in [1.165, 1.54) is 6.26 Å². The lowest BCUT2D eigenvalue weighted by Gasteiger charge is -1.88. The average molecular weight is 163 g/mol. The van der Waals surface area contributed by atoms with Crippen molar-refractivity contribution < 1.29 is 9.21 Å². The Bertz CT molecular complexity index is 366. The molecule has 1 amide bonds. The van der Waals surface area contributed by atoms with Crippen LogP contribution >= 0.6 is 0 Å². The molecule has 0 aliphatic carbocycles. The van der Waals surface area contributed by atoms with Crippen molar-refractivity contribution in [2.45, 2.75) is 0 Å². The second-order valence-electron chi connectivity index (χ2n) is 2.21. The lowest BCUT2D eigenvalue weighted by Crippen LogP contribution is -2.12. The molecule has 0 aromatic rings. The van der Waals surface area contributed by atoms with Crippen LogP contribution in [0.1, 0.15) is 10.6 Å². The van der Waals surface area contributed by atoms with E-state index in [1.807, 2.05) is 0 Å². The molecule has 0 saturated carbocycles. The number of amides is 1. The molecule has 0 bridgehead atoms. The molecular formula is C7H5N3O2. The quantitative estimate of drug-likeness (QED) is 0.654. The van der Waals surface area contributed by atoms with Crippen molar-refractivity contribution >= 4 is 5.91 Å². The number of nitrogens with two attached hydrogens (primary N) is 1. The third-order valence-corrected chi connectivity index (χ3v) is 1.39. The number of carbonyl (C=O) groups is 1. The third kappa shape index (κ3) is 0.914. The first kappa shape index (κ1) is 6.78. The molecule has 12 heavy (non-hydrogen) atoms. The monoisotopic (exact) mass is 163 g/mol. The number of fused-ring (bicyclic) bond motifs is 1. The Morgan fingerprint density at radius 2 is 2.33 bits per heavy atom. The Balaban J connectivity index is 2.63. The van der Waals surface area contributed by atoms with Crippen LogP contribution in [0.4, 0.5) is 0 Å². The van der Waals surface area contributed by atoms with Gasteiger partial charge < -0.3 is 10.2 Å². The molecule has 0 fully saturated rings. The summed E-state index contributed by atoms with van der Waals surface area (Å²) in [4.78, 5) is 18.2. The summed E-state index contributed by atoms with van der Waals surface area (Å²) in [6.45, 7) is 0. The maximum absolute atomic E-state index is 10.6. The molecule has 2 aliphatic rings. The molecule has 5 nitrogen and oxygen atoms in total. The van der Waals surface area contributed by atoms with Crippen LogP contribution in [-0.2, 0) is 0 Å². The van der Waals surface area contributed by atoms with Gasteiger partial charge in [0.15, 0.2) is 0 Å². The Morgan fingerprint density at radius 3 is 3.00 bits per heavy atom. The van der Waals surface area contributed by atoms with E-state index in [1.54, 1.807) is 12.1 Å². The number of imidazole rings is 1. The highest BCUT2D eigenvalue weighted by molar-refractivity contribution is 5.90.